The zero-order chi connectivity index (χ0) is 10.1. The van der Waals surface area contributed by atoms with Crippen LogP contribution in [-0.4, -0.2) is 15.9 Å². The maximum Gasteiger partial charge on any atom is 0.276 e. The number of nitrogens with zero attached hydrogens (tertiary/aromatic N) is 1. The predicted molar refractivity (Wildman–Crippen MR) is 46.7 cm³/mol. The number of hydrogen-bond donors (Lipinski definition) is 1. The SMILES string of the molecule is O=C([O-])c1nc2ccccc2[nH]c1=O. The minimum absolute atomic E-state index is 0.423. The van der Waals surface area contributed by atoms with E-state index in [0.29, 0.717) is 11.0 Å². The molecule has 0 aliphatic carbocycles. The summed E-state index contributed by atoms with van der Waals surface area (Å²) in [4.78, 5) is 27.7. The molecule has 1 heterocycles. The highest BCUT2D eigenvalue weighted by Crippen LogP contribution is 2.05. The van der Waals surface area contributed by atoms with Crippen molar-refractivity contribution in [2.75, 3.05) is 0 Å². The van der Waals surface area contributed by atoms with Crippen molar-refractivity contribution in [2.45, 2.75) is 0 Å². The van der Waals surface area contributed by atoms with Gasteiger partial charge in [0.15, 0.2) is 5.69 Å². The molecule has 0 aliphatic rings. The lowest BCUT2D eigenvalue weighted by molar-refractivity contribution is -0.255. The van der Waals surface area contributed by atoms with Gasteiger partial charge in [-0.15, -0.1) is 0 Å². The van der Waals surface area contributed by atoms with E-state index in [9.17, 15) is 14.7 Å². The van der Waals surface area contributed by atoms with Gasteiger partial charge in [0.05, 0.1) is 17.0 Å². The fourth-order valence-electron chi connectivity index (χ4n) is 1.17. The van der Waals surface area contributed by atoms with Gasteiger partial charge in [-0.3, -0.25) is 4.79 Å². The summed E-state index contributed by atoms with van der Waals surface area (Å²) >= 11 is 0. The number of carboxylic acid groups (broad SMARTS) is 1. The number of hydrogen-bond acceptors (Lipinski definition) is 4. The van der Waals surface area contributed by atoms with Crippen LogP contribution in [0.15, 0.2) is 29.1 Å². The number of aromatic amines is 1. The van der Waals surface area contributed by atoms with E-state index in [1.165, 1.54) is 0 Å². The number of aromatic carboxylic acids is 1. The first-order chi connectivity index (χ1) is 6.68. The van der Waals surface area contributed by atoms with E-state index in [4.69, 9.17) is 0 Å². The molecule has 0 radical (unpaired) electrons. The summed E-state index contributed by atoms with van der Waals surface area (Å²) in [5.41, 5.74) is -0.416. The topological polar surface area (TPSA) is 85.9 Å². The smallest absolute Gasteiger partial charge is 0.276 e. The van der Waals surface area contributed by atoms with Gasteiger partial charge in [-0.1, -0.05) is 12.1 Å². The van der Waals surface area contributed by atoms with Crippen LogP contribution in [0.5, 0.6) is 0 Å². The van der Waals surface area contributed by atoms with Crippen molar-refractivity contribution in [2.24, 2.45) is 0 Å². The quantitative estimate of drug-likeness (QED) is 0.641. The standard InChI is InChI=1S/C9H6N2O3/c12-8-7(9(13)14)10-5-3-1-2-4-6(5)11-8/h1-4H,(H,11,12)(H,13,14)/p-1. The third kappa shape index (κ3) is 1.24. The minimum Gasteiger partial charge on any atom is -0.543 e. The van der Waals surface area contributed by atoms with E-state index in [1.54, 1.807) is 24.3 Å². The van der Waals surface area contributed by atoms with Crippen molar-refractivity contribution >= 4 is 17.0 Å². The second-order valence-electron chi connectivity index (χ2n) is 2.72. The van der Waals surface area contributed by atoms with Gasteiger partial charge in [-0.25, -0.2) is 4.98 Å². The molecule has 1 N–H and O–H groups in total. The molecule has 70 valence electrons. The zero-order valence-corrected chi connectivity index (χ0v) is 6.98. The van der Waals surface area contributed by atoms with Crippen LogP contribution in [0.1, 0.15) is 10.5 Å². The molecule has 0 fully saturated rings. The van der Waals surface area contributed by atoms with Gasteiger partial charge in [-0.05, 0) is 12.1 Å². The van der Waals surface area contributed by atoms with Crippen molar-refractivity contribution in [3.8, 4) is 0 Å². The fraction of sp³-hybridized carbons (Fsp3) is 0. The Balaban J connectivity index is 2.84. The van der Waals surface area contributed by atoms with E-state index >= 15 is 0 Å². The Morgan fingerprint density at radius 3 is 2.79 bits per heavy atom. The van der Waals surface area contributed by atoms with Gasteiger partial charge in [0.2, 0.25) is 0 Å². The highest BCUT2D eigenvalue weighted by atomic mass is 16.4. The van der Waals surface area contributed by atoms with Crippen LogP contribution in [0.3, 0.4) is 0 Å². The average molecular weight is 189 g/mol. The number of carbonyl (C=O) groups is 1. The molecule has 0 saturated carbocycles. The summed E-state index contributed by atoms with van der Waals surface area (Å²) in [6.45, 7) is 0. The molecule has 14 heavy (non-hydrogen) atoms. The molecule has 5 nitrogen and oxygen atoms in total. The number of nitrogens with one attached hydrogen (secondary N) is 1. The van der Waals surface area contributed by atoms with Gasteiger partial charge in [0.25, 0.3) is 5.56 Å². The third-order valence-corrected chi connectivity index (χ3v) is 1.79. The Kier molecular flexibility index (Phi) is 1.78. The number of H-pyrrole nitrogens is 1. The number of rotatable bonds is 1. The molecule has 0 saturated heterocycles. The first kappa shape index (κ1) is 8.43. The second kappa shape index (κ2) is 2.95. The van der Waals surface area contributed by atoms with Gasteiger partial charge < -0.3 is 14.9 Å². The number of para-hydroxylation sites is 2. The van der Waals surface area contributed by atoms with E-state index < -0.39 is 17.2 Å². The van der Waals surface area contributed by atoms with Crippen LogP contribution in [0, 0.1) is 0 Å². The molecule has 0 aliphatic heterocycles. The first-order valence-electron chi connectivity index (χ1n) is 3.89. The number of benzene rings is 1. The Morgan fingerprint density at radius 2 is 2.07 bits per heavy atom. The molecule has 2 rings (SSSR count). The number of carbonyl (C=O) groups excluding carboxylic acids is 1. The lowest BCUT2D eigenvalue weighted by atomic mass is 10.3. The van der Waals surface area contributed by atoms with Crippen LogP contribution in [0.4, 0.5) is 0 Å². The Hall–Kier alpha value is -2.17. The zero-order valence-electron chi connectivity index (χ0n) is 6.98. The normalized spacial score (nSPS) is 10.3. The number of aromatic nitrogens is 2. The van der Waals surface area contributed by atoms with Crippen LogP contribution in [-0.2, 0) is 0 Å². The highest BCUT2D eigenvalue weighted by Gasteiger charge is 2.03. The van der Waals surface area contributed by atoms with Crippen LogP contribution >= 0.6 is 0 Å². The molecular formula is C9H5N2O3-. The van der Waals surface area contributed by atoms with Gasteiger partial charge in [0.1, 0.15) is 0 Å². The van der Waals surface area contributed by atoms with Crippen molar-refractivity contribution in [1.29, 1.82) is 0 Å². The summed E-state index contributed by atoms with van der Waals surface area (Å²) < 4.78 is 0. The Labute approximate surface area is 78.0 Å². The Morgan fingerprint density at radius 1 is 1.36 bits per heavy atom. The molecule has 2 aromatic rings. The molecule has 5 heteroatoms. The number of fused-ring (bicyclic) bond motifs is 1. The first-order valence-corrected chi connectivity index (χ1v) is 3.89. The van der Waals surface area contributed by atoms with E-state index in [1.807, 2.05) is 0 Å². The van der Waals surface area contributed by atoms with E-state index in [2.05, 4.69) is 9.97 Å². The average Bonchev–Trinajstić information content (AvgIpc) is 2.16. The van der Waals surface area contributed by atoms with E-state index in [0.717, 1.165) is 0 Å². The highest BCUT2D eigenvalue weighted by molar-refractivity contribution is 5.86. The van der Waals surface area contributed by atoms with Gasteiger partial charge in [0, 0.05) is 0 Å². The predicted octanol–water partition coefficient (Wildman–Crippen LogP) is -0.713. The second-order valence-corrected chi connectivity index (χ2v) is 2.72. The summed E-state index contributed by atoms with van der Waals surface area (Å²) in [5.74, 6) is -1.57. The molecule has 0 spiro atoms. The molecule has 1 aromatic heterocycles. The largest absolute Gasteiger partial charge is 0.543 e. The third-order valence-electron chi connectivity index (χ3n) is 1.79. The lowest BCUT2D eigenvalue weighted by Gasteiger charge is -2.01. The van der Waals surface area contributed by atoms with Crippen LogP contribution in [0.2, 0.25) is 0 Å². The lowest BCUT2D eigenvalue weighted by Crippen LogP contribution is -2.31. The molecule has 0 amide bonds. The van der Waals surface area contributed by atoms with Gasteiger partial charge in [-0.2, -0.15) is 0 Å². The van der Waals surface area contributed by atoms with Crippen molar-refractivity contribution < 1.29 is 9.90 Å². The maximum atomic E-state index is 11.1. The van der Waals surface area contributed by atoms with Crippen molar-refractivity contribution in [1.82, 2.24) is 9.97 Å². The summed E-state index contributed by atoms with van der Waals surface area (Å²) in [5, 5.41) is 10.5. The Bertz CT molecular complexity index is 559. The molecule has 1 aromatic carbocycles. The van der Waals surface area contributed by atoms with Crippen LogP contribution < -0.4 is 10.7 Å². The summed E-state index contributed by atoms with van der Waals surface area (Å²) in [6, 6.07) is 6.67. The van der Waals surface area contributed by atoms with Crippen molar-refractivity contribution in [3.05, 3.63) is 40.3 Å². The van der Waals surface area contributed by atoms with Crippen LogP contribution in [0.25, 0.3) is 11.0 Å². The van der Waals surface area contributed by atoms with E-state index in [-0.39, 0.29) is 0 Å². The molecule has 0 unspecified atom stereocenters. The fourth-order valence-corrected chi connectivity index (χ4v) is 1.17. The molecular weight excluding hydrogens is 184 g/mol. The van der Waals surface area contributed by atoms with Gasteiger partial charge >= 0.3 is 0 Å². The summed E-state index contributed by atoms with van der Waals surface area (Å²) in [7, 11) is 0. The monoisotopic (exact) mass is 189 g/mol. The summed E-state index contributed by atoms with van der Waals surface area (Å²) in [6.07, 6.45) is 0. The minimum atomic E-state index is -1.57. The number of carboxylic acids is 1. The molecule has 0 atom stereocenters. The maximum absolute atomic E-state index is 11.1. The van der Waals surface area contributed by atoms with Crippen molar-refractivity contribution in [3.63, 3.8) is 0 Å². The molecule has 0 bridgehead atoms.